The molecule has 0 aliphatic heterocycles. The largest absolute Gasteiger partial charge is 0.489 e. The molecule has 0 aliphatic rings. The minimum atomic E-state index is -0.620. The third-order valence-electron chi connectivity index (χ3n) is 3.04. The number of rotatable bonds is 5. The molecule has 0 aliphatic carbocycles. The third-order valence-corrected chi connectivity index (χ3v) is 3.04. The van der Waals surface area contributed by atoms with Gasteiger partial charge in [-0.05, 0) is 38.5 Å². The maximum Gasteiger partial charge on any atom is 0.412 e. The number of hydrogen-bond donors (Lipinski definition) is 1. The monoisotopic (exact) mass is 327 g/mol. The second-order valence-corrected chi connectivity index (χ2v) is 6.27. The van der Waals surface area contributed by atoms with Crippen molar-refractivity contribution in [1.29, 1.82) is 0 Å². The minimum absolute atomic E-state index is 0.352. The van der Waals surface area contributed by atoms with Crippen molar-refractivity contribution in [2.45, 2.75) is 33.0 Å². The lowest BCUT2D eigenvalue weighted by molar-refractivity contribution is 0.0636. The van der Waals surface area contributed by atoms with E-state index in [2.05, 4.69) is 5.32 Å². The van der Waals surface area contributed by atoms with E-state index in [9.17, 15) is 9.59 Å². The summed E-state index contributed by atoms with van der Waals surface area (Å²) >= 11 is 0. The number of amides is 1. The Balaban J connectivity index is 2.09. The van der Waals surface area contributed by atoms with Crippen molar-refractivity contribution in [3.8, 4) is 5.75 Å². The topological polar surface area (TPSA) is 64.6 Å². The van der Waals surface area contributed by atoms with Crippen LogP contribution in [0.2, 0.25) is 0 Å². The molecular formula is C19H21NO4. The summed E-state index contributed by atoms with van der Waals surface area (Å²) in [6, 6.07) is 14.6. The fourth-order valence-electron chi connectivity index (χ4n) is 1.99. The summed E-state index contributed by atoms with van der Waals surface area (Å²) in [5.74, 6) is 0.551. The lowest BCUT2D eigenvalue weighted by Crippen LogP contribution is -2.27. The van der Waals surface area contributed by atoms with Crippen molar-refractivity contribution >= 4 is 18.1 Å². The molecule has 0 aromatic heterocycles. The van der Waals surface area contributed by atoms with Crippen LogP contribution in [0.3, 0.4) is 0 Å². The van der Waals surface area contributed by atoms with Crippen molar-refractivity contribution in [3.05, 3.63) is 59.7 Å². The average Bonchev–Trinajstić information content (AvgIpc) is 2.52. The van der Waals surface area contributed by atoms with Gasteiger partial charge in [-0.25, -0.2) is 4.79 Å². The van der Waals surface area contributed by atoms with Crippen LogP contribution in [0.5, 0.6) is 5.75 Å². The quantitative estimate of drug-likeness (QED) is 0.825. The maximum absolute atomic E-state index is 11.9. The number of carbonyl (C=O) groups is 2. The van der Waals surface area contributed by atoms with Gasteiger partial charge in [-0.2, -0.15) is 0 Å². The first-order valence-corrected chi connectivity index (χ1v) is 7.63. The number of anilines is 1. The Morgan fingerprint density at radius 1 is 1.12 bits per heavy atom. The van der Waals surface area contributed by atoms with Crippen molar-refractivity contribution in [2.75, 3.05) is 5.32 Å². The number of hydrogen-bond acceptors (Lipinski definition) is 4. The summed E-state index contributed by atoms with van der Waals surface area (Å²) in [4.78, 5) is 23.0. The SMILES string of the molecule is CC(C)(C)OC(=O)Nc1cc(OCc2ccccc2)ccc1C=O. The van der Waals surface area contributed by atoms with Gasteiger partial charge in [0, 0.05) is 11.6 Å². The second kappa shape index (κ2) is 7.64. The molecule has 126 valence electrons. The molecule has 0 bridgehead atoms. The Bertz CT molecular complexity index is 705. The predicted molar refractivity (Wildman–Crippen MR) is 92.5 cm³/mol. The summed E-state index contributed by atoms with van der Waals surface area (Å²) in [6.07, 6.45) is 0.0547. The normalized spacial score (nSPS) is 10.8. The van der Waals surface area contributed by atoms with Crippen LogP contribution in [0.15, 0.2) is 48.5 Å². The van der Waals surface area contributed by atoms with Crippen LogP contribution in [0.25, 0.3) is 0 Å². The third kappa shape index (κ3) is 5.43. The molecule has 0 spiro atoms. The highest BCUT2D eigenvalue weighted by molar-refractivity contribution is 5.93. The van der Waals surface area contributed by atoms with Gasteiger partial charge in [0.25, 0.3) is 0 Å². The highest BCUT2D eigenvalue weighted by atomic mass is 16.6. The van der Waals surface area contributed by atoms with E-state index in [-0.39, 0.29) is 0 Å². The van der Waals surface area contributed by atoms with E-state index >= 15 is 0 Å². The summed E-state index contributed by atoms with van der Waals surface area (Å²) in [5, 5.41) is 2.58. The lowest BCUT2D eigenvalue weighted by atomic mass is 10.2. The van der Waals surface area contributed by atoms with Gasteiger partial charge in [0.15, 0.2) is 6.29 Å². The standard InChI is InChI=1S/C19H21NO4/c1-19(2,3)24-18(22)20-17-11-16(10-9-15(17)12-21)23-13-14-7-5-4-6-8-14/h4-12H,13H2,1-3H3,(H,20,22). The van der Waals surface area contributed by atoms with Gasteiger partial charge >= 0.3 is 6.09 Å². The highest BCUT2D eigenvalue weighted by Gasteiger charge is 2.17. The van der Waals surface area contributed by atoms with E-state index in [0.717, 1.165) is 5.56 Å². The van der Waals surface area contributed by atoms with Crippen molar-refractivity contribution in [3.63, 3.8) is 0 Å². The summed E-state index contributed by atoms with van der Waals surface area (Å²) in [6.45, 7) is 5.71. The Morgan fingerprint density at radius 3 is 2.46 bits per heavy atom. The molecule has 0 unspecified atom stereocenters. The van der Waals surface area contributed by atoms with Crippen molar-refractivity contribution < 1.29 is 19.1 Å². The van der Waals surface area contributed by atoms with Crippen LogP contribution in [0.4, 0.5) is 10.5 Å². The molecule has 0 fully saturated rings. The molecule has 2 aromatic carbocycles. The number of benzene rings is 2. The minimum Gasteiger partial charge on any atom is -0.489 e. The Kier molecular flexibility index (Phi) is 5.58. The zero-order chi connectivity index (χ0) is 17.6. The van der Waals surface area contributed by atoms with Crippen molar-refractivity contribution in [1.82, 2.24) is 0 Å². The van der Waals surface area contributed by atoms with Crippen LogP contribution in [0, 0.1) is 0 Å². The zero-order valence-corrected chi connectivity index (χ0v) is 14.0. The maximum atomic E-state index is 11.9. The molecular weight excluding hydrogens is 306 g/mol. The molecule has 2 aromatic rings. The first kappa shape index (κ1) is 17.5. The number of ether oxygens (including phenoxy) is 2. The number of nitrogens with one attached hydrogen (secondary N) is 1. The van der Waals surface area contributed by atoms with E-state index in [0.29, 0.717) is 29.9 Å². The molecule has 5 heteroatoms. The molecule has 0 saturated heterocycles. The van der Waals surface area contributed by atoms with E-state index in [4.69, 9.17) is 9.47 Å². The molecule has 24 heavy (non-hydrogen) atoms. The smallest absolute Gasteiger partial charge is 0.412 e. The number of aldehydes is 1. The molecule has 1 N–H and O–H groups in total. The molecule has 0 radical (unpaired) electrons. The van der Waals surface area contributed by atoms with Gasteiger partial charge in [-0.3, -0.25) is 10.1 Å². The molecule has 2 rings (SSSR count). The van der Waals surface area contributed by atoms with Crippen LogP contribution < -0.4 is 10.1 Å². The fraction of sp³-hybridized carbons (Fsp3) is 0.263. The average molecular weight is 327 g/mol. The van der Waals surface area contributed by atoms with Gasteiger partial charge in [-0.15, -0.1) is 0 Å². The van der Waals surface area contributed by atoms with Gasteiger partial charge in [0.05, 0.1) is 5.69 Å². The first-order valence-electron chi connectivity index (χ1n) is 7.63. The first-order chi connectivity index (χ1) is 11.4. The van der Waals surface area contributed by atoms with Crippen LogP contribution in [-0.4, -0.2) is 18.0 Å². The second-order valence-electron chi connectivity index (χ2n) is 6.27. The summed E-state index contributed by atoms with van der Waals surface area (Å²) in [5.41, 5.74) is 1.11. The van der Waals surface area contributed by atoms with E-state index in [1.165, 1.54) is 0 Å². The Morgan fingerprint density at radius 2 is 1.83 bits per heavy atom. The van der Waals surface area contributed by atoms with Gasteiger partial charge in [0.1, 0.15) is 18.0 Å². The number of carbonyl (C=O) groups excluding carboxylic acids is 2. The van der Waals surface area contributed by atoms with E-state index in [1.807, 2.05) is 30.3 Å². The van der Waals surface area contributed by atoms with Gasteiger partial charge in [0.2, 0.25) is 0 Å². The van der Waals surface area contributed by atoms with Crippen LogP contribution in [0.1, 0.15) is 36.7 Å². The van der Waals surface area contributed by atoms with Gasteiger partial charge < -0.3 is 9.47 Å². The zero-order valence-electron chi connectivity index (χ0n) is 14.0. The van der Waals surface area contributed by atoms with Crippen LogP contribution >= 0.6 is 0 Å². The lowest BCUT2D eigenvalue weighted by Gasteiger charge is -2.20. The fourth-order valence-corrected chi connectivity index (χ4v) is 1.99. The molecule has 0 atom stereocenters. The predicted octanol–water partition coefficient (Wildman–Crippen LogP) is 4.43. The molecule has 5 nitrogen and oxygen atoms in total. The summed E-state index contributed by atoms with van der Waals surface area (Å²) in [7, 11) is 0. The molecule has 0 saturated carbocycles. The van der Waals surface area contributed by atoms with Crippen molar-refractivity contribution in [2.24, 2.45) is 0 Å². The molecule has 1 amide bonds. The highest BCUT2D eigenvalue weighted by Crippen LogP contribution is 2.23. The van der Waals surface area contributed by atoms with Crippen LogP contribution in [-0.2, 0) is 11.3 Å². The Labute approximate surface area is 141 Å². The summed E-state index contributed by atoms with van der Waals surface area (Å²) < 4.78 is 10.9. The van der Waals surface area contributed by atoms with E-state index < -0.39 is 11.7 Å². The van der Waals surface area contributed by atoms with E-state index in [1.54, 1.807) is 39.0 Å². The molecule has 0 heterocycles. The Hall–Kier alpha value is -2.82. The van der Waals surface area contributed by atoms with Gasteiger partial charge in [-0.1, -0.05) is 30.3 Å².